The topological polar surface area (TPSA) is 92.5 Å². The van der Waals surface area contributed by atoms with E-state index in [1.165, 1.54) is 12.1 Å². The lowest BCUT2D eigenvalue weighted by Crippen LogP contribution is -2.10. The van der Waals surface area contributed by atoms with E-state index in [4.69, 9.17) is 5.11 Å². The Labute approximate surface area is 117 Å². The smallest absolute Gasteiger partial charge is 0.389 e. The quantitative estimate of drug-likeness (QED) is 0.457. The third-order valence-electron chi connectivity index (χ3n) is 2.65. The summed E-state index contributed by atoms with van der Waals surface area (Å²) < 4.78 is 35.8. The Kier molecular flexibility index (Phi) is 5.51. The van der Waals surface area contributed by atoms with Crippen molar-refractivity contribution in [2.75, 3.05) is 11.9 Å². The zero-order valence-electron chi connectivity index (χ0n) is 10.8. The predicted molar refractivity (Wildman–Crippen MR) is 68.5 cm³/mol. The maximum absolute atomic E-state index is 11.9. The highest BCUT2D eigenvalue weighted by Crippen LogP contribution is 2.29. The van der Waals surface area contributed by atoms with Crippen molar-refractivity contribution in [3.63, 3.8) is 0 Å². The summed E-state index contributed by atoms with van der Waals surface area (Å²) in [6, 6.07) is 3.73. The summed E-state index contributed by atoms with van der Waals surface area (Å²) in [5, 5.41) is 22.4. The summed E-state index contributed by atoms with van der Waals surface area (Å²) in [7, 11) is 0. The fraction of sp³-hybridized carbons (Fsp3) is 0.417. The molecule has 1 aromatic rings. The van der Waals surface area contributed by atoms with Crippen molar-refractivity contribution >= 4 is 17.3 Å². The molecule has 0 amide bonds. The Balaban J connectivity index is 2.69. The summed E-state index contributed by atoms with van der Waals surface area (Å²) in [5.41, 5.74) is -1.09. The largest absolute Gasteiger partial charge is 0.477 e. The molecule has 0 bridgehead atoms. The number of benzene rings is 1. The van der Waals surface area contributed by atoms with Gasteiger partial charge in [0.25, 0.3) is 0 Å². The van der Waals surface area contributed by atoms with Crippen LogP contribution in [0.4, 0.5) is 24.5 Å². The molecule has 1 aromatic carbocycles. The van der Waals surface area contributed by atoms with Crippen LogP contribution in [0, 0.1) is 10.1 Å². The van der Waals surface area contributed by atoms with Crippen molar-refractivity contribution in [1.82, 2.24) is 0 Å². The van der Waals surface area contributed by atoms with Crippen molar-refractivity contribution in [1.29, 1.82) is 0 Å². The monoisotopic (exact) mass is 306 g/mol. The number of para-hydroxylation sites is 1. The van der Waals surface area contributed by atoms with Gasteiger partial charge >= 0.3 is 17.8 Å². The number of rotatable bonds is 7. The Morgan fingerprint density at radius 2 is 2.00 bits per heavy atom. The van der Waals surface area contributed by atoms with Crippen LogP contribution >= 0.6 is 0 Å². The summed E-state index contributed by atoms with van der Waals surface area (Å²) in [5.74, 6) is -1.44. The zero-order valence-corrected chi connectivity index (χ0v) is 10.8. The molecular formula is C12H13F3N2O4. The molecule has 21 heavy (non-hydrogen) atoms. The number of nitro groups is 1. The second-order valence-corrected chi connectivity index (χ2v) is 4.26. The molecule has 0 aliphatic rings. The molecule has 9 heteroatoms. The minimum absolute atomic E-state index is 0.0214. The van der Waals surface area contributed by atoms with Crippen molar-refractivity contribution in [3.05, 3.63) is 33.9 Å². The molecule has 0 fully saturated rings. The van der Waals surface area contributed by atoms with Gasteiger partial charge in [-0.05, 0) is 25.0 Å². The number of alkyl halides is 3. The Morgan fingerprint density at radius 1 is 1.33 bits per heavy atom. The summed E-state index contributed by atoms with van der Waals surface area (Å²) in [6.45, 7) is 0.0833. The van der Waals surface area contributed by atoms with Crippen LogP contribution < -0.4 is 5.32 Å². The molecule has 0 heterocycles. The molecule has 6 nitrogen and oxygen atoms in total. The number of hydrogen-bond donors (Lipinski definition) is 2. The number of nitrogens with zero attached hydrogens (tertiary/aromatic N) is 1. The standard InChI is InChI=1S/C12H13F3N2O4/c13-12(14,15)6-1-2-7-16-9-5-3-4-8(11(18)19)10(9)17(20)21/h3-5,16H,1-2,6-7H2,(H,18,19). The van der Waals surface area contributed by atoms with Gasteiger partial charge in [-0.25, -0.2) is 4.79 Å². The SMILES string of the molecule is O=C(O)c1cccc(NCCCCC(F)(F)F)c1[N+](=O)[O-]. The van der Waals surface area contributed by atoms with Gasteiger partial charge in [-0.3, -0.25) is 10.1 Å². The molecule has 0 unspecified atom stereocenters. The molecule has 0 aliphatic carbocycles. The van der Waals surface area contributed by atoms with E-state index in [-0.39, 0.29) is 25.1 Å². The fourth-order valence-electron chi connectivity index (χ4n) is 1.73. The van der Waals surface area contributed by atoms with E-state index in [9.17, 15) is 28.1 Å². The second-order valence-electron chi connectivity index (χ2n) is 4.26. The Bertz CT molecular complexity index is 532. The first-order chi connectivity index (χ1) is 9.72. The third kappa shape index (κ3) is 5.28. The molecule has 0 atom stereocenters. The second kappa shape index (κ2) is 6.91. The van der Waals surface area contributed by atoms with E-state index in [1.807, 2.05) is 0 Å². The van der Waals surface area contributed by atoms with Gasteiger partial charge in [0.15, 0.2) is 0 Å². The van der Waals surface area contributed by atoms with Crippen molar-refractivity contribution < 1.29 is 28.0 Å². The highest BCUT2D eigenvalue weighted by atomic mass is 19.4. The minimum atomic E-state index is -4.23. The average molecular weight is 306 g/mol. The summed E-state index contributed by atoms with van der Waals surface area (Å²) in [4.78, 5) is 21.0. The van der Waals surface area contributed by atoms with Crippen molar-refractivity contribution in [2.24, 2.45) is 0 Å². The molecule has 1 rings (SSSR count). The number of hydrogen-bond acceptors (Lipinski definition) is 4. The van der Waals surface area contributed by atoms with Crippen LogP contribution in [-0.2, 0) is 0 Å². The molecular weight excluding hydrogens is 293 g/mol. The van der Waals surface area contributed by atoms with Gasteiger partial charge in [0, 0.05) is 13.0 Å². The van der Waals surface area contributed by atoms with Crippen LogP contribution in [0.15, 0.2) is 18.2 Å². The van der Waals surface area contributed by atoms with E-state index in [2.05, 4.69) is 5.32 Å². The van der Waals surface area contributed by atoms with E-state index >= 15 is 0 Å². The van der Waals surface area contributed by atoms with Gasteiger partial charge in [0.1, 0.15) is 11.3 Å². The number of unbranched alkanes of at least 4 members (excludes halogenated alkanes) is 1. The maximum atomic E-state index is 11.9. The van der Waals surface area contributed by atoms with Gasteiger partial charge in [0.2, 0.25) is 0 Å². The zero-order chi connectivity index (χ0) is 16.0. The average Bonchev–Trinajstić information content (AvgIpc) is 2.36. The molecule has 0 aliphatic heterocycles. The molecule has 0 spiro atoms. The van der Waals surface area contributed by atoms with E-state index in [0.29, 0.717) is 0 Å². The highest BCUT2D eigenvalue weighted by Gasteiger charge is 2.26. The lowest BCUT2D eigenvalue weighted by atomic mass is 10.1. The Morgan fingerprint density at radius 3 is 2.52 bits per heavy atom. The van der Waals surface area contributed by atoms with E-state index in [1.54, 1.807) is 0 Å². The number of carbonyl (C=O) groups is 1. The summed E-state index contributed by atoms with van der Waals surface area (Å²) >= 11 is 0. The van der Waals surface area contributed by atoms with Crippen LogP contribution in [-0.4, -0.2) is 28.7 Å². The van der Waals surface area contributed by atoms with Gasteiger partial charge in [-0.15, -0.1) is 0 Å². The van der Waals surface area contributed by atoms with Gasteiger partial charge < -0.3 is 10.4 Å². The molecule has 0 saturated heterocycles. The van der Waals surface area contributed by atoms with Crippen LogP contribution in [0.5, 0.6) is 0 Å². The van der Waals surface area contributed by atoms with Gasteiger partial charge in [0.05, 0.1) is 4.92 Å². The van der Waals surface area contributed by atoms with Crippen LogP contribution in [0.1, 0.15) is 29.6 Å². The van der Waals surface area contributed by atoms with Crippen molar-refractivity contribution in [3.8, 4) is 0 Å². The maximum Gasteiger partial charge on any atom is 0.389 e. The lowest BCUT2D eigenvalue weighted by Gasteiger charge is -2.09. The van der Waals surface area contributed by atoms with Crippen molar-refractivity contribution in [2.45, 2.75) is 25.4 Å². The number of carboxylic acid groups (broad SMARTS) is 1. The molecule has 0 radical (unpaired) electrons. The minimum Gasteiger partial charge on any atom is -0.477 e. The molecule has 0 aromatic heterocycles. The number of nitro benzene ring substituents is 1. The highest BCUT2D eigenvalue weighted by molar-refractivity contribution is 5.95. The first-order valence-electron chi connectivity index (χ1n) is 6.03. The molecule has 0 saturated carbocycles. The first kappa shape index (κ1) is 16.7. The van der Waals surface area contributed by atoms with Gasteiger partial charge in [-0.1, -0.05) is 6.07 Å². The predicted octanol–water partition coefficient (Wildman–Crippen LogP) is 3.44. The first-order valence-corrected chi connectivity index (χ1v) is 6.03. The molecule has 116 valence electrons. The van der Waals surface area contributed by atoms with Crippen LogP contribution in [0.3, 0.4) is 0 Å². The lowest BCUT2D eigenvalue weighted by molar-refractivity contribution is -0.384. The van der Waals surface area contributed by atoms with E-state index < -0.39 is 34.7 Å². The number of anilines is 1. The van der Waals surface area contributed by atoms with Crippen LogP contribution in [0.2, 0.25) is 0 Å². The normalized spacial score (nSPS) is 11.2. The number of nitrogens with one attached hydrogen (secondary N) is 1. The number of aromatic carboxylic acids is 1. The number of carboxylic acids is 1. The summed E-state index contributed by atoms with van der Waals surface area (Å²) in [6.07, 6.45) is -5.10. The Hall–Kier alpha value is -2.32. The fourth-order valence-corrected chi connectivity index (χ4v) is 1.73. The van der Waals surface area contributed by atoms with E-state index in [0.717, 1.165) is 6.07 Å². The third-order valence-corrected chi connectivity index (χ3v) is 2.65. The molecule has 2 N–H and O–H groups in total. The van der Waals surface area contributed by atoms with Gasteiger partial charge in [-0.2, -0.15) is 13.2 Å². The van der Waals surface area contributed by atoms with Crippen LogP contribution in [0.25, 0.3) is 0 Å². The number of halogens is 3.